The van der Waals surface area contributed by atoms with Crippen molar-refractivity contribution in [3.63, 3.8) is 0 Å². The van der Waals surface area contributed by atoms with Crippen LogP contribution in [0.2, 0.25) is 0 Å². The van der Waals surface area contributed by atoms with E-state index < -0.39 is 17.1 Å². The number of fused-ring (bicyclic) bond motifs is 1. The highest BCUT2D eigenvalue weighted by molar-refractivity contribution is 5.55. The number of likely N-dealkylation sites (N-methyl/N-ethyl adjacent to an activating group) is 1. The summed E-state index contributed by atoms with van der Waals surface area (Å²) in [6.07, 6.45) is 1.80. The summed E-state index contributed by atoms with van der Waals surface area (Å²) in [6.45, 7) is 4.80. The van der Waals surface area contributed by atoms with Gasteiger partial charge in [-0.3, -0.25) is 0 Å². The number of phenols is 1. The minimum absolute atomic E-state index is 0.0521. The van der Waals surface area contributed by atoms with Gasteiger partial charge in [0.1, 0.15) is 0 Å². The molecule has 1 saturated carbocycles. The van der Waals surface area contributed by atoms with E-state index in [0.29, 0.717) is 31.4 Å². The van der Waals surface area contributed by atoms with Crippen LogP contribution in [0.25, 0.3) is 0 Å². The lowest BCUT2D eigenvalue weighted by Gasteiger charge is -2.60. The Labute approximate surface area is 143 Å². The molecule has 0 radical (unpaired) electrons. The molecule has 3 N–H and O–H groups in total. The smallest absolute Gasteiger partial charge is 0.161 e. The molecule has 24 heavy (non-hydrogen) atoms. The first-order valence-corrected chi connectivity index (χ1v) is 8.74. The molecule has 134 valence electrons. The van der Waals surface area contributed by atoms with Crippen molar-refractivity contribution in [3.8, 4) is 11.5 Å². The Bertz CT molecular complexity index is 634. The molecule has 5 nitrogen and oxygen atoms in total. The van der Waals surface area contributed by atoms with Gasteiger partial charge in [0.2, 0.25) is 0 Å². The van der Waals surface area contributed by atoms with E-state index in [1.54, 1.807) is 6.07 Å². The first-order valence-electron chi connectivity index (χ1n) is 8.74. The van der Waals surface area contributed by atoms with Crippen molar-refractivity contribution in [1.82, 2.24) is 4.90 Å². The highest BCUT2D eigenvalue weighted by atomic mass is 16.5. The van der Waals surface area contributed by atoms with Gasteiger partial charge in [0.05, 0.1) is 18.8 Å². The molecule has 0 aromatic heterocycles. The van der Waals surface area contributed by atoms with E-state index in [0.717, 1.165) is 17.7 Å². The van der Waals surface area contributed by atoms with Gasteiger partial charge in [-0.05, 0) is 64.8 Å². The number of methoxy groups -OCH3 is 1. The molecule has 4 atom stereocenters. The predicted octanol–water partition coefficient (Wildman–Crippen LogP) is 1.95. The first-order chi connectivity index (χ1) is 11.3. The van der Waals surface area contributed by atoms with Crippen molar-refractivity contribution in [2.24, 2.45) is 0 Å². The summed E-state index contributed by atoms with van der Waals surface area (Å²) < 4.78 is 5.31. The number of aryl methyl sites for hydroxylation is 1. The lowest BCUT2D eigenvalue weighted by Crippen LogP contribution is -2.69. The summed E-state index contributed by atoms with van der Waals surface area (Å²) >= 11 is 0. The van der Waals surface area contributed by atoms with Crippen LogP contribution >= 0.6 is 0 Å². The monoisotopic (exact) mass is 335 g/mol. The molecule has 3 unspecified atom stereocenters. The van der Waals surface area contributed by atoms with Crippen molar-refractivity contribution in [3.05, 3.63) is 23.3 Å². The Morgan fingerprint density at radius 1 is 1.29 bits per heavy atom. The van der Waals surface area contributed by atoms with Crippen LogP contribution < -0.4 is 4.74 Å². The Morgan fingerprint density at radius 3 is 2.67 bits per heavy atom. The quantitative estimate of drug-likeness (QED) is 0.770. The van der Waals surface area contributed by atoms with Gasteiger partial charge in [-0.25, -0.2) is 0 Å². The number of benzene rings is 1. The Hall–Kier alpha value is -1.30. The fraction of sp³-hybridized carbons (Fsp3) is 0.684. The number of aliphatic hydroxyl groups is 2. The Morgan fingerprint density at radius 2 is 2.00 bits per heavy atom. The zero-order valence-electron chi connectivity index (χ0n) is 15.0. The average Bonchev–Trinajstić information content (AvgIpc) is 2.54. The summed E-state index contributed by atoms with van der Waals surface area (Å²) in [5.74, 6) is 0.515. The Balaban J connectivity index is 2.25. The molecule has 3 rings (SSSR count). The van der Waals surface area contributed by atoms with Gasteiger partial charge < -0.3 is 25.0 Å². The Kier molecular flexibility index (Phi) is 4.31. The van der Waals surface area contributed by atoms with Gasteiger partial charge in [-0.2, -0.15) is 0 Å². The van der Waals surface area contributed by atoms with Crippen LogP contribution in [0.4, 0.5) is 0 Å². The van der Waals surface area contributed by atoms with E-state index in [2.05, 4.69) is 4.90 Å². The van der Waals surface area contributed by atoms with Gasteiger partial charge in [0.15, 0.2) is 11.5 Å². The molecule has 1 aromatic rings. The van der Waals surface area contributed by atoms with Gasteiger partial charge in [0, 0.05) is 17.0 Å². The molecule has 1 aliphatic carbocycles. The molecule has 2 aliphatic rings. The van der Waals surface area contributed by atoms with Crippen molar-refractivity contribution in [2.75, 3.05) is 20.7 Å². The van der Waals surface area contributed by atoms with Crippen LogP contribution in [0.1, 0.15) is 43.7 Å². The van der Waals surface area contributed by atoms with Gasteiger partial charge in [0.25, 0.3) is 0 Å². The largest absolute Gasteiger partial charge is 0.504 e. The number of ether oxygens (including phenoxy) is 1. The second-order valence-electron chi connectivity index (χ2n) is 7.62. The molecule has 2 fully saturated rings. The molecule has 1 saturated heterocycles. The van der Waals surface area contributed by atoms with Crippen molar-refractivity contribution in [1.29, 1.82) is 0 Å². The van der Waals surface area contributed by atoms with E-state index in [1.165, 1.54) is 7.11 Å². The highest BCUT2D eigenvalue weighted by Crippen LogP contribution is 2.57. The topological polar surface area (TPSA) is 73.2 Å². The zero-order valence-corrected chi connectivity index (χ0v) is 15.0. The SMILES string of the molecule is COc1ccc(C)c(C23CCN(C)C(C)[C@]2(O)CCC(O)C3)c1O. The van der Waals surface area contributed by atoms with Gasteiger partial charge in [-0.15, -0.1) is 0 Å². The second kappa shape index (κ2) is 5.90. The number of aromatic hydroxyl groups is 1. The van der Waals surface area contributed by atoms with Crippen LogP contribution in [0.15, 0.2) is 12.1 Å². The van der Waals surface area contributed by atoms with E-state index in [1.807, 2.05) is 27.0 Å². The summed E-state index contributed by atoms with van der Waals surface area (Å²) in [4.78, 5) is 2.17. The number of nitrogens with zero attached hydrogens (tertiary/aromatic N) is 1. The molecule has 1 heterocycles. The maximum atomic E-state index is 11.8. The molecule has 1 aromatic carbocycles. The minimum Gasteiger partial charge on any atom is -0.504 e. The molecular formula is C19H29NO4. The van der Waals surface area contributed by atoms with Crippen LogP contribution in [-0.2, 0) is 5.41 Å². The van der Waals surface area contributed by atoms with E-state index >= 15 is 0 Å². The lowest BCUT2D eigenvalue weighted by molar-refractivity contribution is -0.167. The minimum atomic E-state index is -0.992. The third kappa shape index (κ3) is 2.25. The van der Waals surface area contributed by atoms with Crippen LogP contribution in [0.5, 0.6) is 11.5 Å². The number of rotatable bonds is 2. The number of likely N-dealkylation sites (tertiary alicyclic amines) is 1. The molecule has 0 spiro atoms. The third-order valence-electron chi connectivity index (χ3n) is 6.56. The van der Waals surface area contributed by atoms with Crippen molar-refractivity contribution in [2.45, 2.75) is 62.7 Å². The summed E-state index contributed by atoms with van der Waals surface area (Å²) in [5, 5.41) is 33.0. The summed E-state index contributed by atoms with van der Waals surface area (Å²) in [7, 11) is 3.56. The fourth-order valence-electron chi connectivity index (χ4n) is 5.04. The predicted molar refractivity (Wildman–Crippen MR) is 92.6 cm³/mol. The van der Waals surface area contributed by atoms with Crippen molar-refractivity contribution < 1.29 is 20.1 Å². The van der Waals surface area contributed by atoms with Crippen LogP contribution in [0.3, 0.4) is 0 Å². The number of aliphatic hydroxyl groups excluding tert-OH is 1. The van der Waals surface area contributed by atoms with E-state index in [9.17, 15) is 15.3 Å². The summed E-state index contributed by atoms with van der Waals surface area (Å²) in [6, 6.07) is 3.62. The zero-order chi connectivity index (χ0) is 17.7. The number of phenolic OH excluding ortho intramolecular Hbond substituents is 1. The standard InChI is InChI=1S/C19H29NO4/c1-12-5-6-15(24-4)17(22)16(12)18-9-10-20(3)13(2)19(18,23)8-7-14(21)11-18/h5-6,13-14,21-23H,7-11H2,1-4H3/t13?,14?,18?,19-/m1/s1. The number of piperidine rings is 1. The molecule has 5 heteroatoms. The van der Waals surface area contributed by atoms with Gasteiger partial charge >= 0.3 is 0 Å². The van der Waals surface area contributed by atoms with E-state index in [4.69, 9.17) is 4.74 Å². The molecule has 0 amide bonds. The second-order valence-corrected chi connectivity index (χ2v) is 7.62. The number of hydrogen-bond acceptors (Lipinski definition) is 5. The average molecular weight is 335 g/mol. The van der Waals surface area contributed by atoms with E-state index in [-0.39, 0.29) is 11.8 Å². The lowest BCUT2D eigenvalue weighted by atomic mass is 9.52. The summed E-state index contributed by atoms with van der Waals surface area (Å²) in [5.41, 5.74) is 0.00766. The normalized spacial score (nSPS) is 37.1. The molecule has 1 aliphatic heterocycles. The third-order valence-corrected chi connectivity index (χ3v) is 6.56. The van der Waals surface area contributed by atoms with Gasteiger partial charge in [-0.1, -0.05) is 6.07 Å². The first kappa shape index (κ1) is 17.5. The van der Waals surface area contributed by atoms with Crippen molar-refractivity contribution >= 4 is 0 Å². The van der Waals surface area contributed by atoms with Crippen LogP contribution in [-0.4, -0.2) is 58.7 Å². The number of hydrogen-bond donors (Lipinski definition) is 3. The van der Waals surface area contributed by atoms with Crippen LogP contribution in [0, 0.1) is 6.92 Å². The maximum absolute atomic E-state index is 11.8. The molecule has 0 bridgehead atoms. The molecular weight excluding hydrogens is 306 g/mol. The highest BCUT2D eigenvalue weighted by Gasteiger charge is 2.61. The fourth-order valence-corrected chi connectivity index (χ4v) is 5.04. The maximum Gasteiger partial charge on any atom is 0.161 e.